The van der Waals surface area contributed by atoms with Gasteiger partial charge in [-0.1, -0.05) is 25.1 Å². The molecule has 138 valence electrons. The Balaban J connectivity index is 2.16. The molecule has 6 nitrogen and oxygen atoms in total. The number of allylic oxidation sites excluding steroid dienone is 1. The second-order valence-electron chi connectivity index (χ2n) is 6.63. The molecule has 1 aromatic carbocycles. The second-order valence-corrected chi connectivity index (χ2v) is 8.27. The molecule has 0 aliphatic carbocycles. The van der Waals surface area contributed by atoms with Crippen LogP contribution in [0.15, 0.2) is 36.9 Å². The summed E-state index contributed by atoms with van der Waals surface area (Å²) in [6, 6.07) is 7.53. The first-order valence-electron chi connectivity index (χ1n) is 8.07. The predicted molar refractivity (Wildman–Crippen MR) is 95.6 cm³/mol. The molecule has 0 N–H and O–H groups in total. The number of benzene rings is 1. The van der Waals surface area contributed by atoms with Crippen molar-refractivity contribution < 1.29 is 22.1 Å². The molecule has 0 bridgehead atoms. The Labute approximate surface area is 149 Å². The summed E-state index contributed by atoms with van der Waals surface area (Å²) >= 11 is 0. The number of methoxy groups -OCH3 is 1. The first kappa shape index (κ1) is 19.5. The molecule has 0 aromatic heterocycles. The van der Waals surface area contributed by atoms with Crippen LogP contribution in [0.5, 0.6) is 5.75 Å². The standard InChI is InChI=1S/C18H25NO5S/c1-5-10-18(2)15(13-24-25(4,21)22)12-19(17(18)20)11-14-6-8-16(23-3)9-7-14/h5-9,15H,1,10-13H2,2-4H3. The maximum atomic E-state index is 12.9. The molecule has 2 rings (SSSR count). The second kappa shape index (κ2) is 7.58. The van der Waals surface area contributed by atoms with Crippen molar-refractivity contribution in [2.24, 2.45) is 11.3 Å². The molecule has 1 amide bonds. The van der Waals surface area contributed by atoms with Crippen LogP contribution in [0, 0.1) is 11.3 Å². The van der Waals surface area contributed by atoms with Gasteiger partial charge < -0.3 is 9.64 Å². The van der Waals surface area contributed by atoms with Gasteiger partial charge in [-0.15, -0.1) is 6.58 Å². The Hall–Kier alpha value is -1.86. The molecule has 1 saturated heterocycles. The number of carbonyl (C=O) groups excluding carboxylic acids is 1. The molecule has 0 saturated carbocycles. The fraction of sp³-hybridized carbons (Fsp3) is 0.500. The lowest BCUT2D eigenvalue weighted by atomic mass is 9.77. The molecule has 2 atom stereocenters. The molecule has 2 unspecified atom stereocenters. The SMILES string of the molecule is C=CCC1(C)C(=O)N(Cc2ccc(OC)cc2)CC1COS(C)(=O)=O. The molecule has 1 fully saturated rings. The van der Waals surface area contributed by atoms with Crippen LogP contribution in [0.3, 0.4) is 0 Å². The van der Waals surface area contributed by atoms with Gasteiger partial charge in [0, 0.05) is 19.0 Å². The van der Waals surface area contributed by atoms with Crippen LogP contribution in [-0.4, -0.2) is 45.7 Å². The maximum absolute atomic E-state index is 12.9. The van der Waals surface area contributed by atoms with Gasteiger partial charge in [-0.3, -0.25) is 8.98 Å². The van der Waals surface area contributed by atoms with Gasteiger partial charge in [-0.25, -0.2) is 0 Å². The van der Waals surface area contributed by atoms with Gasteiger partial charge in [0.2, 0.25) is 5.91 Å². The Morgan fingerprint density at radius 3 is 2.52 bits per heavy atom. The van der Waals surface area contributed by atoms with E-state index in [-0.39, 0.29) is 18.4 Å². The van der Waals surface area contributed by atoms with Gasteiger partial charge in [-0.05, 0) is 24.1 Å². The summed E-state index contributed by atoms with van der Waals surface area (Å²) in [7, 11) is -1.94. The Kier molecular flexibility index (Phi) is 5.90. The molecule has 25 heavy (non-hydrogen) atoms. The van der Waals surface area contributed by atoms with E-state index in [0.717, 1.165) is 17.6 Å². The largest absolute Gasteiger partial charge is 0.497 e. The fourth-order valence-corrected chi connectivity index (χ4v) is 3.58. The van der Waals surface area contributed by atoms with Crippen LogP contribution in [0.1, 0.15) is 18.9 Å². The van der Waals surface area contributed by atoms with Crippen LogP contribution in [0.25, 0.3) is 0 Å². The Bertz CT molecular complexity index is 728. The molecular formula is C18H25NO5S. The third-order valence-electron chi connectivity index (χ3n) is 4.70. The number of likely N-dealkylation sites (tertiary alicyclic amines) is 1. The first-order chi connectivity index (χ1) is 11.7. The molecular weight excluding hydrogens is 342 g/mol. The number of rotatable bonds is 8. The smallest absolute Gasteiger partial charge is 0.264 e. The number of hydrogen-bond acceptors (Lipinski definition) is 5. The van der Waals surface area contributed by atoms with E-state index in [1.54, 1.807) is 18.1 Å². The summed E-state index contributed by atoms with van der Waals surface area (Å²) < 4.78 is 32.8. The van der Waals surface area contributed by atoms with Crippen molar-refractivity contribution in [2.75, 3.05) is 26.5 Å². The highest BCUT2D eigenvalue weighted by atomic mass is 32.2. The zero-order chi connectivity index (χ0) is 18.7. The van der Waals surface area contributed by atoms with Crippen molar-refractivity contribution in [3.63, 3.8) is 0 Å². The third-order valence-corrected chi connectivity index (χ3v) is 5.27. The highest BCUT2D eigenvalue weighted by molar-refractivity contribution is 7.85. The minimum Gasteiger partial charge on any atom is -0.497 e. The third kappa shape index (κ3) is 4.61. The van der Waals surface area contributed by atoms with Crippen LogP contribution in [-0.2, 0) is 25.6 Å². The number of amides is 1. The maximum Gasteiger partial charge on any atom is 0.264 e. The molecule has 1 aliphatic heterocycles. The molecule has 1 aromatic rings. The molecule has 1 heterocycles. The minimum absolute atomic E-state index is 0.00593. The average Bonchev–Trinajstić information content (AvgIpc) is 2.78. The van der Waals surface area contributed by atoms with Crippen molar-refractivity contribution in [3.8, 4) is 5.75 Å². The average molecular weight is 367 g/mol. The Morgan fingerprint density at radius 1 is 1.36 bits per heavy atom. The van der Waals surface area contributed by atoms with Crippen molar-refractivity contribution >= 4 is 16.0 Å². The molecule has 1 aliphatic rings. The number of nitrogens with zero attached hydrogens (tertiary/aromatic N) is 1. The van der Waals surface area contributed by atoms with Crippen molar-refractivity contribution in [2.45, 2.75) is 19.9 Å². The molecule has 0 radical (unpaired) electrons. The summed E-state index contributed by atoms with van der Waals surface area (Å²) in [5.41, 5.74) is 0.276. The van der Waals surface area contributed by atoms with E-state index in [9.17, 15) is 13.2 Å². The summed E-state index contributed by atoms with van der Waals surface area (Å²) in [4.78, 5) is 14.7. The fourth-order valence-electron chi connectivity index (χ4n) is 3.17. The van der Waals surface area contributed by atoms with E-state index < -0.39 is 15.5 Å². The van der Waals surface area contributed by atoms with Gasteiger partial charge >= 0.3 is 0 Å². The summed E-state index contributed by atoms with van der Waals surface area (Å²) in [6.07, 6.45) is 3.19. The van der Waals surface area contributed by atoms with Crippen LogP contribution in [0.4, 0.5) is 0 Å². The van der Waals surface area contributed by atoms with Crippen LogP contribution in [0.2, 0.25) is 0 Å². The van der Waals surface area contributed by atoms with E-state index in [2.05, 4.69) is 6.58 Å². The summed E-state index contributed by atoms with van der Waals surface area (Å²) in [6.45, 7) is 6.49. The Morgan fingerprint density at radius 2 is 2.00 bits per heavy atom. The van der Waals surface area contributed by atoms with Gasteiger partial charge in [0.05, 0.1) is 25.4 Å². The zero-order valence-corrected chi connectivity index (χ0v) is 15.7. The van der Waals surface area contributed by atoms with Gasteiger partial charge in [0.1, 0.15) is 5.75 Å². The number of carbonyl (C=O) groups is 1. The lowest BCUT2D eigenvalue weighted by Crippen LogP contribution is -2.35. The highest BCUT2D eigenvalue weighted by Gasteiger charge is 2.49. The normalized spacial score (nSPS) is 23.7. The van der Waals surface area contributed by atoms with E-state index in [4.69, 9.17) is 8.92 Å². The van der Waals surface area contributed by atoms with Crippen molar-refractivity contribution in [3.05, 3.63) is 42.5 Å². The topological polar surface area (TPSA) is 72.9 Å². The predicted octanol–water partition coefficient (Wildman–Crippen LogP) is 2.21. The summed E-state index contributed by atoms with van der Waals surface area (Å²) in [5.74, 6) is 0.531. The van der Waals surface area contributed by atoms with Crippen molar-refractivity contribution in [1.82, 2.24) is 4.90 Å². The minimum atomic E-state index is -3.55. The highest BCUT2D eigenvalue weighted by Crippen LogP contribution is 2.41. The molecule has 0 spiro atoms. The summed E-state index contributed by atoms with van der Waals surface area (Å²) in [5, 5.41) is 0. The van der Waals surface area contributed by atoms with E-state index in [1.165, 1.54) is 0 Å². The first-order valence-corrected chi connectivity index (χ1v) is 9.89. The molecule has 7 heteroatoms. The lowest BCUT2D eigenvalue weighted by Gasteiger charge is -2.26. The monoisotopic (exact) mass is 367 g/mol. The van der Waals surface area contributed by atoms with E-state index in [1.807, 2.05) is 31.2 Å². The van der Waals surface area contributed by atoms with Crippen molar-refractivity contribution in [1.29, 1.82) is 0 Å². The zero-order valence-electron chi connectivity index (χ0n) is 14.9. The van der Waals surface area contributed by atoms with E-state index in [0.29, 0.717) is 19.5 Å². The number of hydrogen-bond donors (Lipinski definition) is 0. The van der Waals surface area contributed by atoms with E-state index >= 15 is 0 Å². The number of ether oxygens (including phenoxy) is 1. The van der Waals surface area contributed by atoms with Gasteiger partial charge in [0.15, 0.2) is 0 Å². The van der Waals surface area contributed by atoms with Gasteiger partial charge in [-0.2, -0.15) is 8.42 Å². The quantitative estimate of drug-likeness (QED) is 0.520. The lowest BCUT2D eigenvalue weighted by molar-refractivity contribution is -0.136. The van der Waals surface area contributed by atoms with Crippen LogP contribution >= 0.6 is 0 Å². The van der Waals surface area contributed by atoms with Gasteiger partial charge in [0.25, 0.3) is 10.1 Å². The van der Waals surface area contributed by atoms with Crippen LogP contribution < -0.4 is 4.74 Å².